The van der Waals surface area contributed by atoms with Crippen LogP contribution in [0.25, 0.3) is 0 Å². The van der Waals surface area contributed by atoms with Gasteiger partial charge in [-0.2, -0.15) is 0 Å². The maximum atomic E-state index is 13.1. The van der Waals surface area contributed by atoms with E-state index in [4.69, 9.17) is 37.0 Å². The molecule has 0 amide bonds. The number of ether oxygens (including phenoxy) is 4. The Hall–Kier alpha value is -1.94. The van der Waals surface area contributed by atoms with E-state index in [9.17, 15) is 43.2 Å². The minimum absolute atomic E-state index is 0.106. The van der Waals surface area contributed by atoms with Crippen LogP contribution < -0.4 is 0 Å². The SMILES string of the molecule is CCCCCCCCCCCCCCCCCCCCCC(=O)O[C@H](COC(=O)CCCCCCCCCCCCCCCCCC)COP(=O)(O)OC[C@@H](O)COP(=O)(O)OC[C@@H](COC(=O)CCCCCCCCC(C)C)OC(=O)CCCCCCCCCCCCCC(C)C. The van der Waals surface area contributed by atoms with Crippen LogP contribution in [-0.4, -0.2) is 96.7 Å². The van der Waals surface area contributed by atoms with Crippen molar-refractivity contribution >= 4 is 39.5 Å². The molecule has 0 saturated carbocycles. The van der Waals surface area contributed by atoms with E-state index in [2.05, 4.69) is 41.5 Å². The maximum absolute atomic E-state index is 13.1. The predicted molar refractivity (Wildman–Crippen MR) is 400 cm³/mol. The van der Waals surface area contributed by atoms with Crippen LogP contribution in [0.15, 0.2) is 0 Å². The van der Waals surface area contributed by atoms with Crippen LogP contribution in [0.2, 0.25) is 0 Å². The van der Waals surface area contributed by atoms with Crippen molar-refractivity contribution in [2.24, 2.45) is 11.8 Å². The summed E-state index contributed by atoms with van der Waals surface area (Å²) in [6.07, 6.45) is 59.8. The normalized spacial score (nSPS) is 13.9. The lowest BCUT2D eigenvalue weighted by atomic mass is 10.0. The van der Waals surface area contributed by atoms with E-state index in [1.807, 2.05) is 0 Å². The monoisotopic (exact) mass is 1440 g/mol. The molecule has 19 heteroatoms. The van der Waals surface area contributed by atoms with Gasteiger partial charge in [0.05, 0.1) is 26.4 Å². The third-order valence-electron chi connectivity index (χ3n) is 18.5. The molecule has 0 spiro atoms. The molecule has 0 aromatic rings. The standard InChI is InChI=1S/C79H154O17P2/c1-7-9-11-13-15-17-19-21-23-25-26-27-29-31-35-39-43-51-57-63-78(83)95-74(67-89-76(81)61-55-49-42-38-34-30-28-24-22-20-18-16-14-12-10-8-2)69-93-97(85,86)91-65-73(80)66-92-98(87,88)94-70-75(68-90-77(82)62-56-50-46-45-48-54-60-72(5)6)96-79(84)64-58-52-44-40-36-32-33-37-41-47-53-59-71(3)4/h71-75,80H,7-70H2,1-6H3,(H,85,86)(H,87,88)/t73-,74-,75-/m1/s1. The lowest BCUT2D eigenvalue weighted by molar-refractivity contribution is -0.161. The first-order chi connectivity index (χ1) is 47.4. The highest BCUT2D eigenvalue weighted by Crippen LogP contribution is 2.45. The van der Waals surface area contributed by atoms with Crippen LogP contribution in [0.1, 0.15) is 414 Å². The summed E-state index contributed by atoms with van der Waals surface area (Å²) in [5, 5.41) is 10.6. The number of carbonyl (C=O) groups is 4. The second-order valence-corrected chi connectivity index (χ2v) is 32.3. The highest BCUT2D eigenvalue weighted by atomic mass is 31.2. The molecule has 0 saturated heterocycles. The second-order valence-electron chi connectivity index (χ2n) is 29.4. The number of phosphoric acid groups is 2. The summed E-state index contributed by atoms with van der Waals surface area (Å²) in [4.78, 5) is 72.9. The van der Waals surface area contributed by atoms with Crippen molar-refractivity contribution in [3.8, 4) is 0 Å². The van der Waals surface area contributed by atoms with Crippen LogP contribution in [0.4, 0.5) is 0 Å². The molecule has 0 fully saturated rings. The Bertz CT molecular complexity index is 1890. The maximum Gasteiger partial charge on any atom is 0.472 e. The molecule has 0 aliphatic carbocycles. The van der Waals surface area contributed by atoms with Gasteiger partial charge in [-0.05, 0) is 37.5 Å². The lowest BCUT2D eigenvalue weighted by Crippen LogP contribution is -2.30. The number of unbranched alkanes of at least 4 members (excludes halogenated alkanes) is 48. The summed E-state index contributed by atoms with van der Waals surface area (Å²) in [5.41, 5.74) is 0. The summed E-state index contributed by atoms with van der Waals surface area (Å²) >= 11 is 0. The van der Waals surface area contributed by atoms with Gasteiger partial charge in [0, 0.05) is 25.7 Å². The summed E-state index contributed by atoms with van der Waals surface area (Å²) < 4.78 is 68.6. The number of hydrogen-bond donors (Lipinski definition) is 3. The minimum Gasteiger partial charge on any atom is -0.462 e. The van der Waals surface area contributed by atoms with Gasteiger partial charge >= 0.3 is 39.5 Å². The fraction of sp³-hybridized carbons (Fsp3) is 0.949. The van der Waals surface area contributed by atoms with E-state index in [0.717, 1.165) is 102 Å². The van der Waals surface area contributed by atoms with Crippen LogP contribution >= 0.6 is 15.6 Å². The minimum atomic E-state index is -4.96. The van der Waals surface area contributed by atoms with Crippen LogP contribution in [0.5, 0.6) is 0 Å². The Morgan fingerprint density at radius 1 is 0.276 bits per heavy atom. The largest absolute Gasteiger partial charge is 0.472 e. The highest BCUT2D eigenvalue weighted by molar-refractivity contribution is 7.47. The zero-order valence-electron chi connectivity index (χ0n) is 64.1. The average molecular weight is 1440 g/mol. The fourth-order valence-corrected chi connectivity index (χ4v) is 13.8. The molecule has 582 valence electrons. The first-order valence-electron chi connectivity index (χ1n) is 41.0. The summed E-state index contributed by atoms with van der Waals surface area (Å²) in [6.45, 7) is 9.54. The average Bonchev–Trinajstić information content (AvgIpc) is 0.943. The number of hydrogen-bond acceptors (Lipinski definition) is 15. The van der Waals surface area contributed by atoms with Gasteiger partial charge in [-0.3, -0.25) is 37.3 Å². The van der Waals surface area contributed by atoms with Gasteiger partial charge in [0.2, 0.25) is 0 Å². The first-order valence-corrected chi connectivity index (χ1v) is 44.0. The smallest absolute Gasteiger partial charge is 0.462 e. The van der Waals surface area contributed by atoms with E-state index in [-0.39, 0.29) is 25.7 Å². The molecular weight excluding hydrogens is 1280 g/mol. The van der Waals surface area contributed by atoms with Gasteiger partial charge in [-0.1, -0.05) is 363 Å². The van der Waals surface area contributed by atoms with Crippen LogP contribution in [0, 0.1) is 11.8 Å². The topological polar surface area (TPSA) is 237 Å². The molecule has 98 heavy (non-hydrogen) atoms. The molecule has 17 nitrogen and oxygen atoms in total. The van der Waals surface area contributed by atoms with E-state index in [0.29, 0.717) is 31.6 Å². The van der Waals surface area contributed by atoms with Gasteiger partial charge in [-0.15, -0.1) is 0 Å². The van der Waals surface area contributed by atoms with Gasteiger partial charge in [0.15, 0.2) is 12.2 Å². The number of esters is 4. The quantitative estimate of drug-likeness (QED) is 0.0222. The Labute approximate surface area is 600 Å². The van der Waals surface area contributed by atoms with E-state index < -0.39 is 97.5 Å². The molecule has 0 aliphatic heterocycles. The Morgan fingerprint density at radius 3 is 0.694 bits per heavy atom. The third kappa shape index (κ3) is 72.4. The predicted octanol–water partition coefficient (Wildman–Crippen LogP) is 23.5. The van der Waals surface area contributed by atoms with E-state index >= 15 is 0 Å². The van der Waals surface area contributed by atoms with Crippen molar-refractivity contribution < 1.29 is 80.2 Å². The van der Waals surface area contributed by atoms with Crippen LogP contribution in [0.3, 0.4) is 0 Å². The molecule has 0 heterocycles. The van der Waals surface area contributed by atoms with Crippen LogP contribution in [-0.2, 0) is 65.4 Å². The van der Waals surface area contributed by atoms with Gasteiger partial charge in [-0.25, -0.2) is 9.13 Å². The molecule has 5 atom stereocenters. The van der Waals surface area contributed by atoms with Crippen molar-refractivity contribution in [2.45, 2.75) is 432 Å². The Kier molecular flexibility index (Phi) is 69.3. The number of carbonyl (C=O) groups excluding carboxylic acids is 4. The van der Waals surface area contributed by atoms with Crippen molar-refractivity contribution in [3.05, 3.63) is 0 Å². The molecule has 0 rings (SSSR count). The number of rotatable bonds is 78. The zero-order chi connectivity index (χ0) is 72.1. The fourth-order valence-electron chi connectivity index (χ4n) is 12.2. The summed E-state index contributed by atoms with van der Waals surface area (Å²) in [5.74, 6) is -0.668. The Morgan fingerprint density at radius 2 is 0.469 bits per heavy atom. The number of phosphoric ester groups is 2. The molecule has 0 aromatic heterocycles. The molecule has 0 aromatic carbocycles. The van der Waals surface area contributed by atoms with Crippen molar-refractivity contribution in [1.29, 1.82) is 0 Å². The molecule has 0 aliphatic rings. The van der Waals surface area contributed by atoms with Gasteiger partial charge < -0.3 is 33.8 Å². The number of aliphatic hydroxyl groups is 1. The van der Waals surface area contributed by atoms with E-state index in [1.165, 1.54) is 225 Å². The summed E-state index contributed by atoms with van der Waals surface area (Å²) in [6, 6.07) is 0. The van der Waals surface area contributed by atoms with Gasteiger partial charge in [0.1, 0.15) is 19.3 Å². The molecule has 0 bridgehead atoms. The lowest BCUT2D eigenvalue weighted by Gasteiger charge is -2.21. The zero-order valence-corrected chi connectivity index (χ0v) is 65.9. The highest BCUT2D eigenvalue weighted by Gasteiger charge is 2.30. The molecule has 0 radical (unpaired) electrons. The molecule has 3 N–H and O–H groups in total. The second kappa shape index (κ2) is 70.7. The Balaban J connectivity index is 5.22. The van der Waals surface area contributed by atoms with Crippen molar-refractivity contribution in [2.75, 3.05) is 39.6 Å². The third-order valence-corrected chi connectivity index (χ3v) is 20.4. The molecule has 2 unspecified atom stereocenters. The molecular formula is C79H154O17P2. The van der Waals surface area contributed by atoms with E-state index in [1.54, 1.807) is 0 Å². The van der Waals surface area contributed by atoms with Crippen molar-refractivity contribution in [1.82, 2.24) is 0 Å². The number of aliphatic hydroxyl groups excluding tert-OH is 1. The first kappa shape index (κ1) is 96.1. The summed E-state index contributed by atoms with van der Waals surface area (Å²) in [7, 11) is -9.92. The van der Waals surface area contributed by atoms with Crippen molar-refractivity contribution in [3.63, 3.8) is 0 Å². The van der Waals surface area contributed by atoms with Gasteiger partial charge in [0.25, 0.3) is 0 Å².